The summed E-state index contributed by atoms with van der Waals surface area (Å²) >= 11 is 0. The molecule has 1 N–H and O–H groups in total. The topological polar surface area (TPSA) is 81.5 Å². The molecule has 1 amide bonds. The fraction of sp³-hybridized carbons (Fsp3) is 0.211. The lowest BCUT2D eigenvalue weighted by atomic mass is 10.0. The number of carbonyl (C=O) groups excluding carboxylic acids is 1. The minimum Gasteiger partial charge on any atom is -0.445 e. The van der Waals surface area contributed by atoms with E-state index in [-0.39, 0.29) is 18.3 Å². The Bertz CT molecular complexity index is 714. The third kappa shape index (κ3) is 6.10. The van der Waals surface area contributed by atoms with Crippen molar-refractivity contribution in [2.45, 2.75) is 25.5 Å². The first-order chi connectivity index (χ1) is 12.1. The van der Waals surface area contributed by atoms with E-state index in [2.05, 4.69) is 11.9 Å². The number of alkyl carbamates (subject to hydrolysis) is 1. The van der Waals surface area contributed by atoms with Crippen LogP contribution in [-0.4, -0.2) is 17.1 Å². The molecule has 0 spiro atoms. The zero-order valence-electron chi connectivity index (χ0n) is 13.8. The molecule has 6 nitrogen and oxygen atoms in total. The number of nitrogens with zero attached hydrogens (tertiary/aromatic N) is 1. The molecule has 2 aromatic carbocycles. The SMILES string of the molecule is C=CCC(Cc1ccc([N+](=O)[O-])cc1)NC(=O)OCc1ccccc1. The Morgan fingerprint density at radius 3 is 2.44 bits per heavy atom. The first-order valence-electron chi connectivity index (χ1n) is 7.90. The third-order valence-corrected chi connectivity index (χ3v) is 3.62. The van der Waals surface area contributed by atoms with Crippen LogP contribution in [0.5, 0.6) is 0 Å². The van der Waals surface area contributed by atoms with Gasteiger partial charge in [-0.05, 0) is 24.0 Å². The van der Waals surface area contributed by atoms with Crippen LogP contribution in [0.4, 0.5) is 10.5 Å². The van der Waals surface area contributed by atoms with Crippen molar-refractivity contribution in [3.05, 3.63) is 88.5 Å². The summed E-state index contributed by atoms with van der Waals surface area (Å²) in [7, 11) is 0. The fourth-order valence-corrected chi connectivity index (χ4v) is 2.36. The van der Waals surface area contributed by atoms with Gasteiger partial charge in [0.25, 0.3) is 5.69 Å². The number of nitro benzene ring substituents is 1. The van der Waals surface area contributed by atoms with Gasteiger partial charge in [-0.3, -0.25) is 10.1 Å². The van der Waals surface area contributed by atoms with Gasteiger partial charge < -0.3 is 10.1 Å². The van der Waals surface area contributed by atoms with Crippen molar-refractivity contribution in [3.63, 3.8) is 0 Å². The molecule has 1 atom stereocenters. The van der Waals surface area contributed by atoms with Crippen molar-refractivity contribution in [3.8, 4) is 0 Å². The Morgan fingerprint density at radius 2 is 1.84 bits per heavy atom. The maximum Gasteiger partial charge on any atom is 0.407 e. The average molecular weight is 340 g/mol. The predicted octanol–water partition coefficient (Wildman–Crippen LogP) is 4.01. The number of ether oxygens (including phenoxy) is 1. The summed E-state index contributed by atoms with van der Waals surface area (Å²) in [5.74, 6) is 0. The molecule has 0 radical (unpaired) electrons. The lowest BCUT2D eigenvalue weighted by Gasteiger charge is -2.17. The normalized spacial score (nSPS) is 11.4. The number of amides is 1. The summed E-state index contributed by atoms with van der Waals surface area (Å²) in [5, 5.41) is 13.5. The standard InChI is InChI=1S/C19H20N2O4/c1-2-6-17(13-15-9-11-18(12-10-15)21(23)24)20-19(22)25-14-16-7-4-3-5-8-16/h2-5,7-12,17H,1,6,13-14H2,(H,20,22). The molecule has 0 saturated heterocycles. The zero-order valence-corrected chi connectivity index (χ0v) is 13.8. The maximum atomic E-state index is 12.0. The minimum atomic E-state index is -0.502. The molecule has 6 heteroatoms. The van der Waals surface area contributed by atoms with E-state index in [4.69, 9.17) is 4.74 Å². The molecule has 0 aromatic heterocycles. The van der Waals surface area contributed by atoms with E-state index in [1.807, 2.05) is 30.3 Å². The second-order valence-corrected chi connectivity index (χ2v) is 5.56. The molecule has 130 valence electrons. The van der Waals surface area contributed by atoms with Gasteiger partial charge in [0.05, 0.1) is 4.92 Å². The van der Waals surface area contributed by atoms with Gasteiger partial charge in [0.15, 0.2) is 0 Å². The summed E-state index contributed by atoms with van der Waals surface area (Å²) in [6.45, 7) is 3.90. The van der Waals surface area contributed by atoms with Crippen LogP contribution >= 0.6 is 0 Å². The smallest absolute Gasteiger partial charge is 0.407 e. The molecule has 0 heterocycles. The zero-order chi connectivity index (χ0) is 18.1. The Hall–Kier alpha value is -3.15. The van der Waals surface area contributed by atoms with Gasteiger partial charge in [0.1, 0.15) is 6.61 Å². The average Bonchev–Trinajstić information content (AvgIpc) is 2.61. The summed E-state index contributed by atoms with van der Waals surface area (Å²) in [4.78, 5) is 22.2. The highest BCUT2D eigenvalue weighted by Gasteiger charge is 2.14. The molecular formula is C19H20N2O4. The molecule has 0 bridgehead atoms. The number of rotatable bonds is 8. The van der Waals surface area contributed by atoms with Crippen molar-refractivity contribution >= 4 is 11.8 Å². The Morgan fingerprint density at radius 1 is 1.16 bits per heavy atom. The number of nitro groups is 1. The predicted molar refractivity (Wildman–Crippen MR) is 95.2 cm³/mol. The van der Waals surface area contributed by atoms with E-state index in [9.17, 15) is 14.9 Å². The van der Waals surface area contributed by atoms with E-state index in [0.717, 1.165) is 11.1 Å². The van der Waals surface area contributed by atoms with Gasteiger partial charge in [0, 0.05) is 18.2 Å². The van der Waals surface area contributed by atoms with E-state index < -0.39 is 11.0 Å². The van der Waals surface area contributed by atoms with Gasteiger partial charge >= 0.3 is 6.09 Å². The number of benzene rings is 2. The van der Waals surface area contributed by atoms with Crippen molar-refractivity contribution in [1.29, 1.82) is 0 Å². The lowest BCUT2D eigenvalue weighted by Crippen LogP contribution is -2.36. The molecular weight excluding hydrogens is 320 g/mol. The van der Waals surface area contributed by atoms with Crippen LogP contribution in [0.2, 0.25) is 0 Å². The summed E-state index contributed by atoms with van der Waals surface area (Å²) in [5.41, 5.74) is 1.84. The van der Waals surface area contributed by atoms with Gasteiger partial charge in [0.2, 0.25) is 0 Å². The van der Waals surface area contributed by atoms with Crippen LogP contribution in [0.3, 0.4) is 0 Å². The minimum absolute atomic E-state index is 0.0410. The number of hydrogen-bond acceptors (Lipinski definition) is 4. The molecule has 2 aromatic rings. The second kappa shape index (κ2) is 9.22. The summed E-state index contributed by atoms with van der Waals surface area (Å²) in [6, 6.07) is 15.5. The Kier molecular flexibility index (Phi) is 6.71. The summed E-state index contributed by atoms with van der Waals surface area (Å²) in [6.07, 6.45) is 2.31. The Balaban J connectivity index is 1.89. The number of hydrogen-bond donors (Lipinski definition) is 1. The first-order valence-corrected chi connectivity index (χ1v) is 7.90. The largest absolute Gasteiger partial charge is 0.445 e. The van der Waals surface area contributed by atoms with Crippen LogP contribution in [0.15, 0.2) is 67.3 Å². The van der Waals surface area contributed by atoms with Crippen LogP contribution < -0.4 is 5.32 Å². The first kappa shape index (κ1) is 18.2. The maximum absolute atomic E-state index is 12.0. The van der Waals surface area contributed by atoms with Crippen molar-refractivity contribution in [2.24, 2.45) is 0 Å². The van der Waals surface area contributed by atoms with E-state index in [0.29, 0.717) is 12.8 Å². The van der Waals surface area contributed by atoms with E-state index >= 15 is 0 Å². The highest BCUT2D eigenvalue weighted by atomic mass is 16.6. The van der Waals surface area contributed by atoms with Gasteiger partial charge in [-0.15, -0.1) is 6.58 Å². The molecule has 0 aliphatic heterocycles. The number of non-ortho nitro benzene ring substituents is 1. The molecule has 25 heavy (non-hydrogen) atoms. The van der Waals surface area contributed by atoms with Crippen molar-refractivity contribution in [1.82, 2.24) is 5.32 Å². The quantitative estimate of drug-likeness (QED) is 0.447. The van der Waals surface area contributed by atoms with Crippen molar-refractivity contribution < 1.29 is 14.5 Å². The van der Waals surface area contributed by atoms with Crippen LogP contribution in [-0.2, 0) is 17.8 Å². The monoisotopic (exact) mass is 340 g/mol. The highest BCUT2D eigenvalue weighted by molar-refractivity contribution is 5.67. The Labute approximate surface area is 146 Å². The van der Waals surface area contributed by atoms with Crippen LogP contribution in [0.1, 0.15) is 17.5 Å². The van der Waals surface area contributed by atoms with E-state index in [1.165, 1.54) is 12.1 Å². The second-order valence-electron chi connectivity index (χ2n) is 5.56. The summed E-state index contributed by atoms with van der Waals surface area (Å²) < 4.78 is 5.22. The highest BCUT2D eigenvalue weighted by Crippen LogP contribution is 2.14. The molecule has 0 aliphatic carbocycles. The number of carbonyl (C=O) groups is 1. The van der Waals surface area contributed by atoms with Crippen LogP contribution in [0.25, 0.3) is 0 Å². The van der Waals surface area contributed by atoms with Gasteiger partial charge in [-0.2, -0.15) is 0 Å². The van der Waals surface area contributed by atoms with Gasteiger partial charge in [-0.25, -0.2) is 4.79 Å². The number of nitrogens with one attached hydrogen (secondary N) is 1. The molecule has 1 unspecified atom stereocenters. The molecule has 0 fully saturated rings. The fourth-order valence-electron chi connectivity index (χ4n) is 2.36. The molecule has 0 aliphatic rings. The van der Waals surface area contributed by atoms with Crippen molar-refractivity contribution in [2.75, 3.05) is 0 Å². The molecule has 0 saturated carbocycles. The van der Waals surface area contributed by atoms with Crippen LogP contribution in [0, 0.1) is 10.1 Å². The molecule has 2 rings (SSSR count). The lowest BCUT2D eigenvalue weighted by molar-refractivity contribution is -0.384. The van der Waals surface area contributed by atoms with Gasteiger partial charge in [-0.1, -0.05) is 48.5 Å². The van der Waals surface area contributed by atoms with E-state index in [1.54, 1.807) is 18.2 Å². The third-order valence-electron chi connectivity index (χ3n) is 3.62.